The zero-order valence-corrected chi connectivity index (χ0v) is 35.4. The Kier molecular flexibility index (Phi) is 14.9. The summed E-state index contributed by atoms with van der Waals surface area (Å²) < 4.78 is 34.2. The highest BCUT2D eigenvalue weighted by atomic mass is 32.1. The predicted octanol–water partition coefficient (Wildman–Crippen LogP) is 8.35. The van der Waals surface area contributed by atoms with Gasteiger partial charge in [-0.25, -0.2) is 14.6 Å². The van der Waals surface area contributed by atoms with Crippen molar-refractivity contribution in [1.82, 2.24) is 4.98 Å². The largest absolute Gasteiger partial charge is 0.465 e. The Balaban J connectivity index is 0.944. The summed E-state index contributed by atoms with van der Waals surface area (Å²) in [6, 6.07) is 24.7. The van der Waals surface area contributed by atoms with Gasteiger partial charge in [-0.15, -0.1) is 0 Å². The van der Waals surface area contributed by atoms with Crippen molar-refractivity contribution < 1.29 is 57.5 Å². The number of nitrogens with zero attached hydrogens (tertiary/aromatic N) is 2. The highest BCUT2D eigenvalue weighted by Crippen LogP contribution is 2.36. The fourth-order valence-electron chi connectivity index (χ4n) is 7.37. The van der Waals surface area contributed by atoms with Gasteiger partial charge in [0.05, 0.1) is 34.2 Å². The normalized spacial score (nSPS) is 18.8. The molecule has 2 fully saturated rings. The van der Waals surface area contributed by atoms with E-state index >= 15 is 0 Å². The molecule has 1 unspecified atom stereocenters. The molecule has 2 saturated carbocycles. The van der Waals surface area contributed by atoms with Crippen molar-refractivity contribution in [2.24, 2.45) is 28.8 Å². The fraction of sp³-hybridized carbons (Fsp3) is 0.271. The van der Waals surface area contributed by atoms with Crippen LogP contribution in [0.3, 0.4) is 0 Å². The maximum atomic E-state index is 13.5. The van der Waals surface area contributed by atoms with Crippen LogP contribution in [-0.2, 0) is 24.0 Å². The molecule has 2 aliphatic rings. The second kappa shape index (κ2) is 21.3. The number of nitrogens with one attached hydrogen (secondary N) is 1. The molecule has 2 N–H and O–H groups in total. The molecule has 1 heterocycles. The summed E-state index contributed by atoms with van der Waals surface area (Å²) in [5.41, 5.74) is 4.11. The summed E-state index contributed by atoms with van der Waals surface area (Å²) in [7, 11) is 0. The van der Waals surface area contributed by atoms with Gasteiger partial charge >= 0.3 is 29.8 Å². The summed E-state index contributed by atoms with van der Waals surface area (Å²) in [6.07, 6.45) is 6.09. The van der Waals surface area contributed by atoms with Crippen LogP contribution in [0.25, 0.3) is 10.2 Å². The van der Waals surface area contributed by atoms with Crippen LogP contribution in [0, 0.1) is 23.7 Å². The van der Waals surface area contributed by atoms with Gasteiger partial charge < -0.3 is 33.5 Å². The monoisotopic (exact) mass is 887 g/mol. The molecule has 0 spiro atoms. The first kappa shape index (κ1) is 44.9. The van der Waals surface area contributed by atoms with E-state index in [9.17, 15) is 29.1 Å². The zero-order chi connectivity index (χ0) is 45.0. The van der Waals surface area contributed by atoms with Gasteiger partial charge in [0.15, 0.2) is 6.29 Å². The molecule has 1 aromatic heterocycles. The Bertz CT molecular complexity index is 2490. The fourth-order valence-corrected chi connectivity index (χ4v) is 8.19. The number of thiazole rings is 1. The molecule has 64 heavy (non-hydrogen) atoms. The number of aliphatic hydroxyl groups excluding tert-OH is 1. The van der Waals surface area contributed by atoms with Gasteiger partial charge in [-0.1, -0.05) is 36.6 Å². The van der Waals surface area contributed by atoms with Crippen molar-refractivity contribution >= 4 is 62.7 Å². The first-order chi connectivity index (χ1) is 31.0. The van der Waals surface area contributed by atoms with Crippen LogP contribution in [0.1, 0.15) is 56.9 Å². The summed E-state index contributed by atoms with van der Waals surface area (Å²) in [5.74, 6) is -2.29. The number of aromatic nitrogens is 1. The van der Waals surface area contributed by atoms with Gasteiger partial charge in [0.2, 0.25) is 5.13 Å². The lowest BCUT2D eigenvalue weighted by Gasteiger charge is -2.30. The molecule has 0 bridgehead atoms. The van der Waals surface area contributed by atoms with Crippen LogP contribution >= 0.6 is 11.3 Å². The second-order valence-corrected chi connectivity index (χ2v) is 16.2. The van der Waals surface area contributed by atoms with Gasteiger partial charge in [-0.3, -0.25) is 19.8 Å². The van der Waals surface area contributed by atoms with E-state index in [2.05, 4.69) is 28.7 Å². The van der Waals surface area contributed by atoms with Crippen molar-refractivity contribution in [3.63, 3.8) is 0 Å². The first-order valence-electron chi connectivity index (χ1n) is 20.7. The minimum absolute atomic E-state index is 0.199. The van der Waals surface area contributed by atoms with Crippen LogP contribution in [0.2, 0.25) is 0 Å². The first-order valence-corrected chi connectivity index (χ1v) is 21.5. The number of carbonyl (C=O) groups is 5. The minimum atomic E-state index is -1.10. The maximum Gasteiger partial charge on any atom is 0.335 e. The Morgan fingerprint density at radius 2 is 1.12 bits per heavy atom. The number of hydrogen-bond donors (Lipinski definition) is 2. The van der Waals surface area contributed by atoms with Gasteiger partial charge in [0.1, 0.15) is 34.5 Å². The average molecular weight is 888 g/mol. The molecule has 16 heteroatoms. The van der Waals surface area contributed by atoms with E-state index in [1.165, 1.54) is 41.8 Å². The van der Waals surface area contributed by atoms with E-state index in [1.807, 2.05) is 24.3 Å². The smallest absolute Gasteiger partial charge is 0.335 e. The minimum Gasteiger partial charge on any atom is -0.465 e. The number of esters is 5. The number of aliphatic hydroxyl groups is 1. The summed E-state index contributed by atoms with van der Waals surface area (Å²) >= 11 is 1.42. The van der Waals surface area contributed by atoms with Gasteiger partial charge in [-0.2, -0.15) is 5.10 Å². The molecule has 0 aliphatic heterocycles. The Morgan fingerprint density at radius 1 is 0.641 bits per heavy atom. The van der Waals surface area contributed by atoms with Crippen LogP contribution in [-0.4, -0.2) is 52.4 Å². The number of hydrazone groups is 1. The molecule has 0 saturated heterocycles. The predicted molar refractivity (Wildman–Crippen MR) is 236 cm³/mol. The van der Waals surface area contributed by atoms with E-state index in [4.69, 9.17) is 28.4 Å². The van der Waals surface area contributed by atoms with Crippen molar-refractivity contribution in [3.05, 3.63) is 122 Å². The molecule has 5 aromatic rings. The van der Waals surface area contributed by atoms with E-state index in [1.54, 1.807) is 42.5 Å². The van der Waals surface area contributed by atoms with Gasteiger partial charge in [0, 0.05) is 23.6 Å². The summed E-state index contributed by atoms with van der Waals surface area (Å²) in [5, 5.41) is 15.7. The molecule has 0 amide bonds. The van der Waals surface area contributed by atoms with Crippen molar-refractivity contribution in [3.8, 4) is 34.5 Å². The highest BCUT2D eigenvalue weighted by Gasteiger charge is 2.34. The lowest BCUT2D eigenvalue weighted by Crippen LogP contribution is -2.33. The standard InChI is InChI=1S/C48H45N3O12S/c1-3-42(52)58-34-17-21-36(22-18-34)60-44(54)29-9-11-31(12-10-29)46(56)62-38-25-26-40(33(27-38)28-49-51-48-50-39-7-5-6-8-41(39)64-48)63-47(57)32-15-13-30(14-16-32)45(55)61-37-23-19-35(20-24-37)59-43(53)4-2/h3-8,17-32,44,54H,1-2,9-16H2,(H,50,51)/b49-28+. The van der Waals surface area contributed by atoms with E-state index in [-0.39, 0.29) is 23.2 Å². The van der Waals surface area contributed by atoms with Crippen molar-refractivity contribution in [2.45, 2.75) is 57.7 Å². The molecular weight excluding hydrogens is 843 g/mol. The number of rotatable bonds is 16. The molecule has 15 nitrogen and oxygen atoms in total. The van der Waals surface area contributed by atoms with Crippen LogP contribution in [0.15, 0.2) is 121 Å². The lowest BCUT2D eigenvalue weighted by molar-refractivity contribution is -0.145. The number of para-hydroxylation sites is 1. The SMILES string of the molecule is C=CC(=O)Oc1ccc(OC(=O)C2CCC(C(=O)Oc3ccc(OC(=O)C4CCC(C(O)Oc5ccc(OC(=O)C=C)cc5)CC4)cc3/C=N/Nc3nc4ccccc4s3)CC2)cc1. The lowest BCUT2D eigenvalue weighted by atomic mass is 9.81. The Labute approximate surface area is 372 Å². The molecule has 1 atom stereocenters. The summed E-state index contributed by atoms with van der Waals surface area (Å²) in [4.78, 5) is 67.3. The third-order valence-electron chi connectivity index (χ3n) is 10.9. The van der Waals surface area contributed by atoms with Crippen LogP contribution in [0.5, 0.6) is 34.5 Å². The second-order valence-electron chi connectivity index (χ2n) is 15.2. The third kappa shape index (κ3) is 12.0. The highest BCUT2D eigenvalue weighted by molar-refractivity contribution is 7.22. The number of benzene rings is 4. The molecule has 330 valence electrons. The number of ether oxygens (including phenoxy) is 6. The van der Waals surface area contributed by atoms with E-state index in [0.29, 0.717) is 79.3 Å². The third-order valence-corrected chi connectivity index (χ3v) is 11.8. The Hall–Kier alpha value is -7.17. The van der Waals surface area contributed by atoms with Crippen molar-refractivity contribution in [1.29, 1.82) is 0 Å². The quantitative estimate of drug-likeness (QED) is 0.0239. The average Bonchev–Trinajstić information content (AvgIpc) is 3.74. The molecule has 2 aliphatic carbocycles. The van der Waals surface area contributed by atoms with Gasteiger partial charge in [-0.05, 0) is 130 Å². The molecule has 0 radical (unpaired) electrons. The van der Waals surface area contributed by atoms with Crippen LogP contribution in [0.4, 0.5) is 5.13 Å². The van der Waals surface area contributed by atoms with E-state index < -0.39 is 53.9 Å². The number of fused-ring (bicyclic) bond motifs is 1. The Morgan fingerprint density at radius 3 is 1.69 bits per heavy atom. The van der Waals surface area contributed by atoms with E-state index in [0.717, 1.165) is 22.4 Å². The van der Waals surface area contributed by atoms with Crippen LogP contribution < -0.4 is 33.8 Å². The molecular formula is C48H45N3O12S. The number of anilines is 1. The van der Waals surface area contributed by atoms with Crippen molar-refractivity contribution in [2.75, 3.05) is 5.43 Å². The zero-order valence-electron chi connectivity index (χ0n) is 34.6. The summed E-state index contributed by atoms with van der Waals surface area (Å²) in [6.45, 7) is 6.74. The van der Waals surface area contributed by atoms with Gasteiger partial charge in [0.25, 0.3) is 0 Å². The topological polar surface area (TPSA) is 198 Å². The number of hydrogen-bond acceptors (Lipinski definition) is 16. The maximum absolute atomic E-state index is 13.5. The molecule has 4 aromatic carbocycles. The molecule has 7 rings (SSSR count). The number of carbonyl (C=O) groups excluding carboxylic acids is 5.